The van der Waals surface area contributed by atoms with Crippen LogP contribution >= 0.6 is 0 Å². The van der Waals surface area contributed by atoms with Gasteiger partial charge in [-0.05, 0) is 67.6 Å². The first-order valence-electron chi connectivity index (χ1n) is 13.5. The third-order valence-electron chi connectivity index (χ3n) is 9.34. The lowest BCUT2D eigenvalue weighted by Crippen LogP contribution is -2.61. The van der Waals surface area contributed by atoms with E-state index in [1.165, 1.54) is 25.1 Å². The molecule has 9 nitrogen and oxygen atoms in total. The highest BCUT2D eigenvalue weighted by molar-refractivity contribution is 5.84. The molecule has 3 aliphatic rings. The Morgan fingerprint density at radius 3 is 2.63 bits per heavy atom. The second-order valence-electron chi connectivity index (χ2n) is 11.8. The number of rotatable bonds is 6. The van der Waals surface area contributed by atoms with Gasteiger partial charge in [-0.1, -0.05) is 19.9 Å². The van der Waals surface area contributed by atoms with Crippen LogP contribution in [0.5, 0.6) is 0 Å². The molecule has 2 aliphatic carbocycles. The minimum atomic E-state index is -0.780. The molecule has 0 aromatic heterocycles. The largest absolute Gasteiger partial charge is 0.445 e. The van der Waals surface area contributed by atoms with E-state index in [0.29, 0.717) is 45.2 Å². The van der Waals surface area contributed by atoms with Gasteiger partial charge in [0.25, 0.3) is 0 Å². The molecule has 0 unspecified atom stereocenters. The summed E-state index contributed by atoms with van der Waals surface area (Å²) in [6.07, 6.45) is 1.17. The molecule has 38 heavy (non-hydrogen) atoms. The van der Waals surface area contributed by atoms with E-state index in [1.54, 1.807) is 11.0 Å². The molecule has 1 saturated heterocycles. The molecule has 0 bridgehead atoms. The number of aliphatic hydroxyl groups excluding tert-OH is 2. The summed E-state index contributed by atoms with van der Waals surface area (Å²) in [4.78, 5) is 39.1. The van der Waals surface area contributed by atoms with E-state index >= 15 is 0 Å². The average molecular weight is 534 g/mol. The van der Waals surface area contributed by atoms with Crippen molar-refractivity contribution in [3.8, 4) is 0 Å². The summed E-state index contributed by atoms with van der Waals surface area (Å²) in [5.41, 5.74) is -0.943. The number of amides is 3. The lowest BCUT2D eigenvalue weighted by molar-refractivity contribution is -0.186. The number of nitrogens with zero attached hydrogens (tertiary/aromatic N) is 1. The Balaban J connectivity index is 1.46. The first kappa shape index (κ1) is 28.3. The molecule has 3 amide bonds. The zero-order valence-corrected chi connectivity index (χ0v) is 22.4. The summed E-state index contributed by atoms with van der Waals surface area (Å²) in [5, 5.41) is 27.1. The van der Waals surface area contributed by atoms with Crippen molar-refractivity contribution in [2.24, 2.45) is 22.7 Å². The number of benzene rings is 1. The van der Waals surface area contributed by atoms with Gasteiger partial charge in [-0.15, -0.1) is 0 Å². The molecule has 4 N–H and O–H groups in total. The highest BCUT2D eigenvalue weighted by Crippen LogP contribution is 2.61. The first-order valence-corrected chi connectivity index (χ1v) is 13.5. The fourth-order valence-corrected chi connectivity index (χ4v) is 7.33. The number of ether oxygens (including phenoxy) is 1. The minimum Gasteiger partial charge on any atom is -0.445 e. The fraction of sp³-hybridized carbons (Fsp3) is 0.679. The van der Waals surface area contributed by atoms with E-state index in [-0.39, 0.29) is 48.4 Å². The molecule has 2 saturated carbocycles. The smallest absolute Gasteiger partial charge is 0.411 e. The van der Waals surface area contributed by atoms with Gasteiger partial charge in [0.15, 0.2) is 0 Å². The van der Waals surface area contributed by atoms with Gasteiger partial charge < -0.3 is 25.2 Å². The Hall–Kier alpha value is -2.72. The first-order chi connectivity index (χ1) is 18.0. The Labute approximate surface area is 223 Å². The van der Waals surface area contributed by atoms with Crippen molar-refractivity contribution in [1.82, 2.24) is 10.2 Å². The molecule has 1 aliphatic heterocycles. The van der Waals surface area contributed by atoms with Gasteiger partial charge in [-0.3, -0.25) is 14.9 Å². The normalized spacial score (nSPS) is 34.8. The molecule has 3 fully saturated rings. The number of halogens is 1. The average Bonchev–Trinajstić information content (AvgIpc) is 3.31. The van der Waals surface area contributed by atoms with Gasteiger partial charge in [-0.2, -0.15) is 0 Å². The molecule has 1 heterocycles. The monoisotopic (exact) mass is 533 g/mol. The van der Waals surface area contributed by atoms with Gasteiger partial charge in [0.2, 0.25) is 11.8 Å². The third-order valence-corrected chi connectivity index (χ3v) is 9.34. The zero-order chi connectivity index (χ0) is 27.7. The van der Waals surface area contributed by atoms with Crippen molar-refractivity contribution in [3.63, 3.8) is 0 Å². The van der Waals surface area contributed by atoms with Crippen molar-refractivity contribution >= 4 is 23.6 Å². The van der Waals surface area contributed by atoms with E-state index in [4.69, 9.17) is 4.74 Å². The molecular formula is C28H40FN3O6. The van der Waals surface area contributed by atoms with Gasteiger partial charge in [0.1, 0.15) is 11.9 Å². The lowest BCUT2D eigenvalue weighted by atomic mass is 9.46. The summed E-state index contributed by atoms with van der Waals surface area (Å²) in [5.74, 6) is -1.02. The number of likely N-dealkylation sites (tertiary alicyclic amines) is 1. The summed E-state index contributed by atoms with van der Waals surface area (Å²) < 4.78 is 19.3. The second kappa shape index (κ2) is 11.2. The second-order valence-corrected chi connectivity index (χ2v) is 11.8. The SMILES string of the molecule is CC(=O)N[C@H]1CCN(C(=O)C[C@@H]2[C@H](O)CC[C@@H]3[C@](C)(CO)[C@H](OC(=O)Nc4cccc(F)c4)CC[C@]32C)C1. The van der Waals surface area contributed by atoms with Gasteiger partial charge in [-0.25, -0.2) is 9.18 Å². The zero-order valence-electron chi connectivity index (χ0n) is 22.4. The third kappa shape index (κ3) is 5.66. The van der Waals surface area contributed by atoms with E-state index in [2.05, 4.69) is 17.6 Å². The van der Waals surface area contributed by atoms with Gasteiger partial charge in [0.05, 0.1) is 12.7 Å². The van der Waals surface area contributed by atoms with Crippen LogP contribution in [0.25, 0.3) is 0 Å². The summed E-state index contributed by atoms with van der Waals surface area (Å²) in [6, 6.07) is 5.49. The molecule has 10 heteroatoms. The standard InChI is InChI=1S/C28H40FN3O6/c1-17(34)30-20-10-12-32(15-20)25(36)14-21-22(35)7-8-23-27(21,2)11-9-24(28(23,3)16-33)38-26(37)31-19-6-4-5-18(29)13-19/h4-6,13,20-24,33,35H,7-12,14-16H2,1-3H3,(H,30,34)(H,31,37)/t20-,21+,22+,23-,24+,27-,28-/m0/s1. The lowest BCUT2D eigenvalue weighted by Gasteiger charge is -2.60. The van der Waals surface area contributed by atoms with Crippen molar-refractivity contribution in [2.45, 2.75) is 77.5 Å². The molecule has 1 aromatic carbocycles. The number of anilines is 1. The highest BCUT2D eigenvalue weighted by atomic mass is 19.1. The van der Waals surface area contributed by atoms with Crippen LogP contribution in [0.3, 0.4) is 0 Å². The van der Waals surface area contributed by atoms with Crippen molar-refractivity contribution in [2.75, 3.05) is 25.0 Å². The number of carbonyl (C=O) groups excluding carboxylic acids is 3. The number of fused-ring (bicyclic) bond motifs is 1. The van der Waals surface area contributed by atoms with Crippen LogP contribution in [0.15, 0.2) is 24.3 Å². The molecule has 1 aromatic rings. The predicted molar refractivity (Wildman–Crippen MR) is 138 cm³/mol. The number of hydrogen-bond acceptors (Lipinski definition) is 6. The fourth-order valence-electron chi connectivity index (χ4n) is 7.33. The molecule has 0 radical (unpaired) electrons. The van der Waals surface area contributed by atoms with Crippen LogP contribution in [0.1, 0.15) is 59.3 Å². The van der Waals surface area contributed by atoms with Crippen molar-refractivity contribution < 1.29 is 33.7 Å². The maximum atomic E-state index is 13.5. The molecule has 7 atom stereocenters. The predicted octanol–water partition coefficient (Wildman–Crippen LogP) is 3.06. The Bertz CT molecular complexity index is 1060. The van der Waals surface area contributed by atoms with E-state index in [1.807, 2.05) is 6.92 Å². The van der Waals surface area contributed by atoms with Crippen LogP contribution in [-0.4, -0.2) is 71.0 Å². The highest BCUT2D eigenvalue weighted by Gasteiger charge is 2.60. The van der Waals surface area contributed by atoms with Crippen molar-refractivity contribution in [1.29, 1.82) is 0 Å². The number of carbonyl (C=O) groups is 3. The van der Waals surface area contributed by atoms with Crippen LogP contribution in [-0.2, 0) is 14.3 Å². The summed E-state index contributed by atoms with van der Waals surface area (Å²) in [7, 11) is 0. The minimum absolute atomic E-state index is 0.0395. The Kier molecular flexibility index (Phi) is 8.32. The molecule has 0 spiro atoms. The van der Waals surface area contributed by atoms with Crippen LogP contribution < -0.4 is 10.6 Å². The maximum absolute atomic E-state index is 13.5. The van der Waals surface area contributed by atoms with Crippen LogP contribution in [0.4, 0.5) is 14.9 Å². The van der Waals surface area contributed by atoms with Crippen molar-refractivity contribution in [3.05, 3.63) is 30.1 Å². The summed E-state index contributed by atoms with van der Waals surface area (Å²) >= 11 is 0. The molecular weight excluding hydrogens is 493 g/mol. The molecule has 4 rings (SSSR count). The number of hydrogen-bond donors (Lipinski definition) is 4. The Morgan fingerprint density at radius 2 is 1.95 bits per heavy atom. The number of nitrogens with one attached hydrogen (secondary N) is 2. The Morgan fingerprint density at radius 1 is 1.18 bits per heavy atom. The van der Waals surface area contributed by atoms with Crippen LogP contribution in [0.2, 0.25) is 0 Å². The van der Waals surface area contributed by atoms with Gasteiger partial charge in [0, 0.05) is 43.6 Å². The maximum Gasteiger partial charge on any atom is 0.411 e. The van der Waals surface area contributed by atoms with E-state index in [9.17, 15) is 29.0 Å². The topological polar surface area (TPSA) is 128 Å². The van der Waals surface area contributed by atoms with Gasteiger partial charge >= 0.3 is 6.09 Å². The van der Waals surface area contributed by atoms with Crippen LogP contribution in [0, 0.1) is 28.5 Å². The quantitative estimate of drug-likeness (QED) is 0.445. The number of aliphatic hydroxyl groups is 2. The van der Waals surface area contributed by atoms with E-state index in [0.717, 1.165) is 0 Å². The molecule has 210 valence electrons. The summed E-state index contributed by atoms with van der Waals surface area (Å²) in [6.45, 7) is 6.27. The van der Waals surface area contributed by atoms with E-state index < -0.39 is 34.9 Å².